The van der Waals surface area contributed by atoms with Crippen LogP contribution in [0.5, 0.6) is 0 Å². The molecule has 1 aliphatic carbocycles. The number of aromatic nitrogens is 2. The van der Waals surface area contributed by atoms with Gasteiger partial charge in [0.2, 0.25) is 5.91 Å². The average molecular weight is 407 g/mol. The predicted molar refractivity (Wildman–Crippen MR) is 116 cm³/mol. The fourth-order valence-corrected chi connectivity index (χ4v) is 5.75. The van der Waals surface area contributed by atoms with Crippen molar-refractivity contribution in [2.24, 2.45) is 17.6 Å². The van der Waals surface area contributed by atoms with Gasteiger partial charge in [0, 0.05) is 55.3 Å². The Bertz CT molecular complexity index is 980. The van der Waals surface area contributed by atoms with Gasteiger partial charge in [-0.2, -0.15) is 0 Å². The molecule has 30 heavy (non-hydrogen) atoms. The van der Waals surface area contributed by atoms with E-state index < -0.39 is 0 Å². The van der Waals surface area contributed by atoms with Gasteiger partial charge in [0.1, 0.15) is 0 Å². The Morgan fingerprint density at radius 3 is 2.70 bits per heavy atom. The second kappa shape index (κ2) is 7.99. The van der Waals surface area contributed by atoms with E-state index in [0.29, 0.717) is 31.5 Å². The Morgan fingerprint density at radius 2 is 1.93 bits per heavy atom. The van der Waals surface area contributed by atoms with Crippen LogP contribution in [0.25, 0.3) is 11.1 Å². The molecule has 0 aromatic carbocycles. The average Bonchev–Trinajstić information content (AvgIpc) is 2.79. The maximum Gasteiger partial charge on any atom is 0.251 e. The van der Waals surface area contributed by atoms with Crippen molar-refractivity contribution in [2.75, 3.05) is 13.1 Å². The lowest BCUT2D eigenvalue weighted by atomic mass is 9.80. The number of rotatable bonds is 3. The van der Waals surface area contributed by atoms with Crippen LogP contribution in [0.4, 0.5) is 0 Å². The lowest BCUT2D eigenvalue weighted by molar-refractivity contribution is -0.137. The minimum atomic E-state index is -0.381. The van der Waals surface area contributed by atoms with Gasteiger partial charge in [-0.15, -0.1) is 0 Å². The van der Waals surface area contributed by atoms with Crippen LogP contribution in [-0.2, 0) is 11.3 Å². The molecule has 2 aliphatic heterocycles. The first kappa shape index (κ1) is 19.5. The standard InChI is InChI=1S/C24H30N4O2/c25-23(17-5-2-1-3-6-17)24(30)27-13-16-9-20(15-27)21-10-19(11-22(29)28(21)14-16)18-7-4-8-26-12-18/h4,7-8,10-12,16-17,20,23H,1-3,5-6,9,13-15,25H2/t16-,20+,23-/m0/s1. The van der Waals surface area contributed by atoms with Crippen LogP contribution >= 0.6 is 0 Å². The zero-order valence-corrected chi connectivity index (χ0v) is 17.4. The summed E-state index contributed by atoms with van der Waals surface area (Å²) in [6.45, 7) is 2.05. The molecule has 1 saturated heterocycles. The Labute approximate surface area is 177 Å². The molecular formula is C24H30N4O2. The lowest BCUT2D eigenvalue weighted by Gasteiger charge is -2.44. The van der Waals surface area contributed by atoms with Gasteiger partial charge >= 0.3 is 0 Å². The number of carbonyl (C=O) groups excluding carboxylic acids is 1. The molecule has 2 aromatic rings. The number of fused-ring (bicyclic) bond motifs is 4. The van der Waals surface area contributed by atoms with Crippen molar-refractivity contribution in [3.63, 3.8) is 0 Å². The Hall–Kier alpha value is -2.47. The number of piperidine rings is 1. The summed E-state index contributed by atoms with van der Waals surface area (Å²) in [5.74, 6) is 0.931. The van der Waals surface area contributed by atoms with Gasteiger partial charge in [-0.05, 0) is 48.8 Å². The van der Waals surface area contributed by atoms with Gasteiger partial charge < -0.3 is 15.2 Å². The predicted octanol–water partition coefficient (Wildman–Crippen LogP) is 2.76. The fraction of sp³-hybridized carbons (Fsp3) is 0.542. The molecule has 3 atom stereocenters. The molecule has 158 valence electrons. The van der Waals surface area contributed by atoms with Gasteiger partial charge in [0.25, 0.3) is 5.56 Å². The zero-order valence-electron chi connectivity index (χ0n) is 17.4. The number of amides is 1. The third-order valence-corrected chi connectivity index (χ3v) is 7.31. The van der Waals surface area contributed by atoms with Gasteiger partial charge in [-0.1, -0.05) is 25.3 Å². The second-order valence-electron chi connectivity index (χ2n) is 9.33. The van der Waals surface area contributed by atoms with Crippen molar-refractivity contribution in [1.82, 2.24) is 14.5 Å². The summed E-state index contributed by atoms with van der Waals surface area (Å²) >= 11 is 0. The molecule has 4 heterocycles. The summed E-state index contributed by atoms with van der Waals surface area (Å²) in [5, 5.41) is 0. The summed E-state index contributed by atoms with van der Waals surface area (Å²) in [6.07, 6.45) is 10.3. The van der Waals surface area contributed by atoms with E-state index in [4.69, 9.17) is 5.73 Å². The first-order valence-corrected chi connectivity index (χ1v) is 11.3. The SMILES string of the molecule is N[C@H](C(=O)N1C[C@@H]2C[C@H](C1)c1cc(-c3cccnc3)cc(=O)n1C2)C1CCCCC1. The summed E-state index contributed by atoms with van der Waals surface area (Å²) in [4.78, 5) is 32.3. The van der Waals surface area contributed by atoms with Crippen LogP contribution in [0.3, 0.4) is 0 Å². The van der Waals surface area contributed by atoms with Crippen LogP contribution in [-0.4, -0.2) is 39.5 Å². The third-order valence-electron chi connectivity index (χ3n) is 7.31. The minimum absolute atomic E-state index is 0.0414. The fourth-order valence-electron chi connectivity index (χ4n) is 5.75. The molecule has 0 unspecified atom stereocenters. The van der Waals surface area contributed by atoms with Crippen LogP contribution in [0.15, 0.2) is 41.5 Å². The van der Waals surface area contributed by atoms with Crippen molar-refractivity contribution >= 4 is 5.91 Å². The number of pyridine rings is 2. The van der Waals surface area contributed by atoms with Gasteiger partial charge in [-0.25, -0.2) is 0 Å². The largest absolute Gasteiger partial charge is 0.340 e. The highest BCUT2D eigenvalue weighted by molar-refractivity contribution is 5.82. The maximum absolute atomic E-state index is 13.2. The summed E-state index contributed by atoms with van der Waals surface area (Å²) < 4.78 is 1.92. The highest BCUT2D eigenvalue weighted by Gasteiger charge is 2.39. The van der Waals surface area contributed by atoms with Crippen molar-refractivity contribution in [3.8, 4) is 11.1 Å². The van der Waals surface area contributed by atoms with Crippen molar-refractivity contribution in [1.29, 1.82) is 0 Å². The molecule has 2 bridgehead atoms. The topological polar surface area (TPSA) is 81.2 Å². The number of carbonyl (C=O) groups is 1. The van der Waals surface area contributed by atoms with Gasteiger partial charge in [0.15, 0.2) is 0 Å². The molecule has 6 nitrogen and oxygen atoms in total. The maximum atomic E-state index is 13.2. The van der Waals surface area contributed by atoms with Crippen molar-refractivity contribution in [2.45, 2.75) is 57.0 Å². The first-order valence-electron chi connectivity index (χ1n) is 11.3. The first-order chi connectivity index (χ1) is 14.6. The smallest absolute Gasteiger partial charge is 0.251 e. The van der Waals surface area contributed by atoms with E-state index >= 15 is 0 Å². The molecular weight excluding hydrogens is 376 g/mol. The zero-order chi connectivity index (χ0) is 20.7. The van der Waals surface area contributed by atoms with Crippen LogP contribution in [0.1, 0.15) is 50.1 Å². The van der Waals surface area contributed by atoms with Crippen LogP contribution in [0, 0.1) is 11.8 Å². The number of likely N-dealkylation sites (tertiary alicyclic amines) is 1. The summed E-state index contributed by atoms with van der Waals surface area (Å²) in [6, 6.07) is 7.31. The highest BCUT2D eigenvalue weighted by atomic mass is 16.2. The van der Waals surface area contributed by atoms with E-state index in [1.165, 1.54) is 19.3 Å². The molecule has 2 N–H and O–H groups in total. The number of hydrogen-bond acceptors (Lipinski definition) is 4. The van der Waals surface area contributed by atoms with E-state index in [9.17, 15) is 9.59 Å². The Morgan fingerprint density at radius 1 is 1.10 bits per heavy atom. The lowest BCUT2D eigenvalue weighted by Crippen LogP contribution is -2.55. The molecule has 6 heteroatoms. The van der Waals surface area contributed by atoms with Crippen molar-refractivity contribution in [3.05, 3.63) is 52.7 Å². The second-order valence-corrected chi connectivity index (χ2v) is 9.33. The molecule has 0 spiro atoms. The monoisotopic (exact) mass is 406 g/mol. The number of hydrogen-bond donors (Lipinski definition) is 1. The summed E-state index contributed by atoms with van der Waals surface area (Å²) in [5.41, 5.74) is 9.37. The van der Waals surface area contributed by atoms with Gasteiger partial charge in [0.05, 0.1) is 6.04 Å². The third kappa shape index (κ3) is 3.58. The molecule has 0 radical (unpaired) electrons. The molecule has 2 fully saturated rings. The normalized spacial score (nSPS) is 24.9. The van der Waals surface area contributed by atoms with E-state index in [2.05, 4.69) is 11.1 Å². The number of nitrogens with zero attached hydrogens (tertiary/aromatic N) is 3. The van der Waals surface area contributed by atoms with E-state index in [0.717, 1.165) is 36.1 Å². The summed E-state index contributed by atoms with van der Waals surface area (Å²) in [7, 11) is 0. The van der Waals surface area contributed by atoms with Crippen molar-refractivity contribution < 1.29 is 4.79 Å². The van der Waals surface area contributed by atoms with E-state index in [-0.39, 0.29) is 23.4 Å². The Balaban J connectivity index is 1.40. The van der Waals surface area contributed by atoms with E-state index in [1.807, 2.05) is 21.6 Å². The Kier molecular flexibility index (Phi) is 5.19. The quantitative estimate of drug-likeness (QED) is 0.850. The highest BCUT2D eigenvalue weighted by Crippen LogP contribution is 2.37. The minimum Gasteiger partial charge on any atom is -0.340 e. The van der Waals surface area contributed by atoms with Crippen LogP contribution < -0.4 is 11.3 Å². The molecule has 2 aromatic heterocycles. The molecule has 1 amide bonds. The molecule has 1 saturated carbocycles. The number of nitrogens with two attached hydrogens (primary N) is 1. The van der Waals surface area contributed by atoms with E-state index in [1.54, 1.807) is 18.5 Å². The van der Waals surface area contributed by atoms with Gasteiger partial charge in [-0.3, -0.25) is 14.6 Å². The molecule has 5 rings (SSSR count). The van der Waals surface area contributed by atoms with Crippen LogP contribution in [0.2, 0.25) is 0 Å². The molecule has 3 aliphatic rings.